The zero-order valence-electron chi connectivity index (χ0n) is 11.1. The van der Waals surface area contributed by atoms with Gasteiger partial charge in [0.1, 0.15) is 5.75 Å². The maximum atomic E-state index is 5.97. The molecule has 0 aliphatic heterocycles. The minimum Gasteiger partial charge on any atom is -0.455 e. The molecule has 1 atom stereocenters. The van der Waals surface area contributed by atoms with E-state index in [1.54, 1.807) is 14.2 Å². The van der Waals surface area contributed by atoms with Crippen LogP contribution in [0.25, 0.3) is 0 Å². The average Bonchev–Trinajstić information content (AvgIpc) is 2.49. The third-order valence-corrected chi connectivity index (χ3v) is 2.77. The van der Waals surface area contributed by atoms with E-state index in [-0.39, 0.29) is 0 Å². The minimum atomic E-state index is -1.06. The zero-order valence-corrected chi connectivity index (χ0v) is 11.1. The summed E-state index contributed by atoms with van der Waals surface area (Å²) in [7, 11) is 3.16. The molecule has 0 spiro atoms. The van der Waals surface area contributed by atoms with Crippen LogP contribution in [0, 0.1) is 6.61 Å². The average molecular weight is 257 g/mol. The number of benzene rings is 2. The van der Waals surface area contributed by atoms with Crippen molar-refractivity contribution in [2.45, 2.75) is 5.79 Å². The van der Waals surface area contributed by atoms with E-state index in [1.807, 2.05) is 60.7 Å². The highest BCUT2D eigenvalue weighted by molar-refractivity contribution is 5.27. The summed E-state index contributed by atoms with van der Waals surface area (Å²) >= 11 is 0. The molecule has 0 fully saturated rings. The SMILES string of the molecule is CO[CH]C(OC)(Oc1ccccc1)c1ccccc1. The lowest BCUT2D eigenvalue weighted by atomic mass is 10.1. The number of methoxy groups -OCH3 is 2. The standard InChI is InChI=1S/C16H17O3/c1-17-13-16(18-2,14-9-5-3-6-10-14)19-15-11-7-4-8-12-15/h3-13H,1-2H3. The van der Waals surface area contributed by atoms with Gasteiger partial charge in [-0.3, -0.25) is 0 Å². The molecule has 0 aliphatic rings. The van der Waals surface area contributed by atoms with Crippen LogP contribution in [-0.4, -0.2) is 14.2 Å². The number of rotatable bonds is 6. The third-order valence-electron chi connectivity index (χ3n) is 2.77. The molecule has 0 N–H and O–H groups in total. The first kappa shape index (κ1) is 13.6. The van der Waals surface area contributed by atoms with Crippen LogP contribution in [0.3, 0.4) is 0 Å². The molecule has 2 aromatic carbocycles. The lowest BCUT2D eigenvalue weighted by molar-refractivity contribution is -0.173. The van der Waals surface area contributed by atoms with Crippen molar-refractivity contribution in [2.24, 2.45) is 0 Å². The summed E-state index contributed by atoms with van der Waals surface area (Å²) in [6.07, 6.45) is 0. The van der Waals surface area contributed by atoms with Gasteiger partial charge in [-0.2, -0.15) is 0 Å². The maximum Gasteiger partial charge on any atom is 0.266 e. The summed E-state index contributed by atoms with van der Waals surface area (Å²) in [5.74, 6) is -0.348. The van der Waals surface area contributed by atoms with Crippen molar-refractivity contribution >= 4 is 0 Å². The lowest BCUT2D eigenvalue weighted by Crippen LogP contribution is -2.36. The van der Waals surface area contributed by atoms with E-state index >= 15 is 0 Å². The second-order valence-corrected chi connectivity index (χ2v) is 4.01. The van der Waals surface area contributed by atoms with Gasteiger partial charge in [-0.25, -0.2) is 0 Å². The summed E-state index contributed by atoms with van der Waals surface area (Å²) in [4.78, 5) is 0. The van der Waals surface area contributed by atoms with Gasteiger partial charge in [0, 0.05) is 19.8 Å². The second kappa shape index (κ2) is 6.36. The van der Waals surface area contributed by atoms with Crippen molar-refractivity contribution in [3.63, 3.8) is 0 Å². The van der Waals surface area contributed by atoms with Crippen molar-refractivity contribution in [3.8, 4) is 5.75 Å². The van der Waals surface area contributed by atoms with Gasteiger partial charge in [0.05, 0.1) is 0 Å². The van der Waals surface area contributed by atoms with Gasteiger partial charge in [-0.1, -0.05) is 48.5 Å². The molecule has 2 aromatic rings. The normalized spacial score (nSPS) is 13.8. The Balaban J connectivity index is 2.34. The van der Waals surface area contributed by atoms with Crippen molar-refractivity contribution < 1.29 is 14.2 Å². The van der Waals surface area contributed by atoms with Crippen molar-refractivity contribution in [1.82, 2.24) is 0 Å². The van der Waals surface area contributed by atoms with Gasteiger partial charge >= 0.3 is 0 Å². The van der Waals surface area contributed by atoms with E-state index in [4.69, 9.17) is 14.2 Å². The molecule has 0 saturated heterocycles. The largest absolute Gasteiger partial charge is 0.455 e. The summed E-state index contributed by atoms with van der Waals surface area (Å²) in [5.41, 5.74) is 0.864. The Morgan fingerprint density at radius 2 is 1.42 bits per heavy atom. The summed E-state index contributed by atoms with van der Waals surface area (Å²) in [6.45, 7) is 1.54. The first-order valence-electron chi connectivity index (χ1n) is 6.02. The van der Waals surface area contributed by atoms with E-state index in [2.05, 4.69) is 0 Å². The molecule has 0 aromatic heterocycles. The Morgan fingerprint density at radius 3 is 1.95 bits per heavy atom. The van der Waals surface area contributed by atoms with E-state index < -0.39 is 5.79 Å². The smallest absolute Gasteiger partial charge is 0.266 e. The molecule has 99 valence electrons. The van der Waals surface area contributed by atoms with Gasteiger partial charge in [0.2, 0.25) is 0 Å². The van der Waals surface area contributed by atoms with Gasteiger partial charge in [-0.15, -0.1) is 0 Å². The monoisotopic (exact) mass is 257 g/mol. The van der Waals surface area contributed by atoms with E-state index in [0.29, 0.717) is 5.75 Å². The fourth-order valence-electron chi connectivity index (χ4n) is 1.85. The van der Waals surface area contributed by atoms with Gasteiger partial charge in [0.15, 0.2) is 6.61 Å². The Morgan fingerprint density at radius 1 is 0.842 bits per heavy atom. The molecule has 0 amide bonds. The minimum absolute atomic E-state index is 0.710. The van der Waals surface area contributed by atoms with Crippen LogP contribution in [0.1, 0.15) is 5.56 Å². The summed E-state index contributed by atoms with van der Waals surface area (Å²) in [6, 6.07) is 19.2. The molecule has 1 unspecified atom stereocenters. The molecule has 0 bridgehead atoms. The molecule has 0 aliphatic carbocycles. The molecule has 0 saturated carbocycles. The van der Waals surface area contributed by atoms with Crippen molar-refractivity contribution in [2.75, 3.05) is 14.2 Å². The lowest BCUT2D eigenvalue weighted by Gasteiger charge is -2.32. The van der Waals surface area contributed by atoms with Crippen LogP contribution in [0.2, 0.25) is 0 Å². The quantitative estimate of drug-likeness (QED) is 0.742. The van der Waals surface area contributed by atoms with Crippen LogP contribution in [0.4, 0.5) is 0 Å². The maximum absolute atomic E-state index is 5.97. The number of ether oxygens (including phenoxy) is 3. The predicted octanol–water partition coefficient (Wildman–Crippen LogP) is 3.37. The highest BCUT2D eigenvalue weighted by atomic mass is 16.7. The highest BCUT2D eigenvalue weighted by Crippen LogP contribution is 2.31. The Labute approximate surface area is 113 Å². The molecule has 3 heteroatoms. The van der Waals surface area contributed by atoms with Crippen LogP contribution >= 0.6 is 0 Å². The zero-order chi connectivity index (χ0) is 13.6. The Kier molecular flexibility index (Phi) is 4.55. The fraction of sp³-hybridized carbons (Fsp3) is 0.188. The summed E-state index contributed by atoms with van der Waals surface area (Å²) < 4.78 is 16.7. The summed E-state index contributed by atoms with van der Waals surface area (Å²) in [5, 5.41) is 0. The Hall–Kier alpha value is -1.84. The number of hydrogen-bond acceptors (Lipinski definition) is 3. The predicted molar refractivity (Wildman–Crippen MR) is 73.5 cm³/mol. The number of para-hydroxylation sites is 1. The van der Waals surface area contributed by atoms with Crippen LogP contribution in [0.15, 0.2) is 60.7 Å². The Bertz CT molecular complexity index is 484. The third kappa shape index (κ3) is 3.13. The van der Waals surface area contributed by atoms with Gasteiger partial charge in [0.25, 0.3) is 5.79 Å². The first-order chi connectivity index (χ1) is 9.30. The van der Waals surface area contributed by atoms with E-state index in [9.17, 15) is 0 Å². The van der Waals surface area contributed by atoms with Crippen molar-refractivity contribution in [1.29, 1.82) is 0 Å². The molecule has 2 rings (SSSR count). The molecule has 0 heterocycles. The first-order valence-corrected chi connectivity index (χ1v) is 6.02. The van der Waals surface area contributed by atoms with Crippen molar-refractivity contribution in [3.05, 3.63) is 72.8 Å². The fourth-order valence-corrected chi connectivity index (χ4v) is 1.85. The number of hydrogen-bond donors (Lipinski definition) is 0. The highest BCUT2D eigenvalue weighted by Gasteiger charge is 2.35. The van der Waals surface area contributed by atoms with E-state index in [1.165, 1.54) is 6.61 Å². The van der Waals surface area contributed by atoms with Crippen LogP contribution < -0.4 is 4.74 Å². The van der Waals surface area contributed by atoms with Crippen LogP contribution in [0.5, 0.6) is 5.75 Å². The van der Waals surface area contributed by atoms with Gasteiger partial charge in [-0.05, 0) is 12.1 Å². The molecule has 3 nitrogen and oxygen atoms in total. The van der Waals surface area contributed by atoms with E-state index in [0.717, 1.165) is 5.56 Å². The van der Waals surface area contributed by atoms with Gasteiger partial charge < -0.3 is 14.2 Å². The molecular weight excluding hydrogens is 240 g/mol. The topological polar surface area (TPSA) is 27.7 Å². The molecule has 19 heavy (non-hydrogen) atoms. The van der Waals surface area contributed by atoms with Crippen LogP contribution in [-0.2, 0) is 15.3 Å². The molecular formula is C16H17O3. The second-order valence-electron chi connectivity index (χ2n) is 4.01. The molecule has 1 radical (unpaired) electrons.